The number of hydrogen-bond donors (Lipinski definition) is 0. The Hall–Kier alpha value is -1.63. The summed E-state index contributed by atoms with van der Waals surface area (Å²) in [6.07, 6.45) is 5.46. The molecule has 0 spiro atoms. The fourth-order valence-electron chi connectivity index (χ4n) is 2.45. The topological polar surface area (TPSA) is 3.88 Å². The van der Waals surface area contributed by atoms with Crippen LogP contribution in [-0.4, -0.2) is 0 Å². The highest BCUT2D eigenvalue weighted by molar-refractivity contribution is 5.19. The van der Waals surface area contributed by atoms with Crippen LogP contribution in [0.5, 0.6) is 0 Å². The zero-order valence-corrected chi connectivity index (χ0v) is 10.6. The van der Waals surface area contributed by atoms with Crippen LogP contribution in [0, 0.1) is 0 Å². The Morgan fingerprint density at radius 3 is 2.12 bits per heavy atom. The van der Waals surface area contributed by atoms with Gasteiger partial charge in [-0.25, -0.2) is 4.57 Å². The first-order valence-electron chi connectivity index (χ1n) is 6.33. The lowest BCUT2D eigenvalue weighted by atomic mass is 9.90. The molecule has 0 bridgehead atoms. The SMILES string of the molecule is CCC(c1ccccc1)C(C)[n+]1ccccc1. The first-order chi connectivity index (χ1) is 8.33. The molecule has 2 rings (SSSR count). The van der Waals surface area contributed by atoms with Crippen LogP contribution < -0.4 is 4.57 Å². The molecule has 0 radical (unpaired) electrons. The summed E-state index contributed by atoms with van der Waals surface area (Å²) in [5, 5.41) is 0. The van der Waals surface area contributed by atoms with Crippen LogP contribution in [0.1, 0.15) is 37.8 Å². The van der Waals surface area contributed by atoms with E-state index in [9.17, 15) is 0 Å². The molecule has 2 aromatic rings. The van der Waals surface area contributed by atoms with Gasteiger partial charge in [0.1, 0.15) is 0 Å². The van der Waals surface area contributed by atoms with Crippen molar-refractivity contribution >= 4 is 0 Å². The summed E-state index contributed by atoms with van der Waals surface area (Å²) in [4.78, 5) is 0. The van der Waals surface area contributed by atoms with Crippen molar-refractivity contribution in [2.45, 2.75) is 32.2 Å². The zero-order chi connectivity index (χ0) is 12.1. The van der Waals surface area contributed by atoms with Crippen LogP contribution in [0.2, 0.25) is 0 Å². The average molecular weight is 226 g/mol. The van der Waals surface area contributed by atoms with E-state index in [1.54, 1.807) is 0 Å². The highest BCUT2D eigenvalue weighted by atomic mass is 15.0. The van der Waals surface area contributed by atoms with Gasteiger partial charge in [0.25, 0.3) is 0 Å². The van der Waals surface area contributed by atoms with Crippen molar-refractivity contribution < 1.29 is 4.57 Å². The molecule has 1 aromatic heterocycles. The molecule has 0 saturated heterocycles. The molecule has 88 valence electrons. The standard InChI is InChI=1S/C16H20N/c1-3-16(15-10-6-4-7-11-15)14(2)17-12-8-5-9-13-17/h4-14,16H,3H2,1-2H3/q+1. The molecule has 1 heteroatoms. The molecule has 0 N–H and O–H groups in total. The molecule has 1 nitrogen and oxygen atoms in total. The van der Waals surface area contributed by atoms with Crippen molar-refractivity contribution in [3.8, 4) is 0 Å². The fourth-order valence-corrected chi connectivity index (χ4v) is 2.45. The van der Waals surface area contributed by atoms with E-state index >= 15 is 0 Å². The first-order valence-corrected chi connectivity index (χ1v) is 6.33. The number of hydrogen-bond acceptors (Lipinski definition) is 0. The van der Waals surface area contributed by atoms with Gasteiger partial charge in [-0.1, -0.05) is 43.3 Å². The van der Waals surface area contributed by atoms with Gasteiger partial charge in [-0.3, -0.25) is 0 Å². The minimum Gasteiger partial charge on any atom is -0.202 e. The van der Waals surface area contributed by atoms with Gasteiger partial charge in [-0.2, -0.15) is 0 Å². The lowest BCUT2D eigenvalue weighted by molar-refractivity contribution is -0.723. The Labute approximate surface area is 104 Å². The maximum atomic E-state index is 2.29. The fraction of sp³-hybridized carbons (Fsp3) is 0.312. The summed E-state index contributed by atoms with van der Waals surface area (Å²) in [5.41, 5.74) is 1.43. The largest absolute Gasteiger partial charge is 0.202 e. The number of pyridine rings is 1. The molecular weight excluding hydrogens is 206 g/mol. The van der Waals surface area contributed by atoms with Crippen LogP contribution in [0.3, 0.4) is 0 Å². The minimum absolute atomic E-state index is 0.489. The third-order valence-corrected chi connectivity index (χ3v) is 3.46. The molecule has 17 heavy (non-hydrogen) atoms. The number of rotatable bonds is 4. The second-order valence-corrected chi connectivity index (χ2v) is 4.49. The number of benzene rings is 1. The van der Waals surface area contributed by atoms with Crippen LogP contribution in [0.25, 0.3) is 0 Å². The van der Waals surface area contributed by atoms with Gasteiger partial charge in [0, 0.05) is 18.1 Å². The van der Waals surface area contributed by atoms with Crippen molar-refractivity contribution in [3.63, 3.8) is 0 Å². The molecule has 0 amide bonds. The summed E-state index contributed by atoms with van der Waals surface area (Å²) >= 11 is 0. The highest BCUT2D eigenvalue weighted by Gasteiger charge is 2.24. The average Bonchev–Trinajstić information content (AvgIpc) is 2.42. The molecule has 0 aliphatic rings. The third kappa shape index (κ3) is 2.73. The van der Waals surface area contributed by atoms with Crippen LogP contribution >= 0.6 is 0 Å². The van der Waals surface area contributed by atoms with Crippen LogP contribution in [0.15, 0.2) is 60.9 Å². The zero-order valence-electron chi connectivity index (χ0n) is 10.6. The summed E-state index contributed by atoms with van der Waals surface area (Å²) in [6, 6.07) is 17.5. The molecule has 0 aliphatic carbocycles. The van der Waals surface area contributed by atoms with Crippen molar-refractivity contribution in [3.05, 3.63) is 66.5 Å². The van der Waals surface area contributed by atoms with Gasteiger partial charge in [-0.15, -0.1) is 0 Å². The molecule has 2 atom stereocenters. The van der Waals surface area contributed by atoms with Crippen LogP contribution in [-0.2, 0) is 0 Å². The van der Waals surface area contributed by atoms with Gasteiger partial charge in [-0.05, 0) is 18.9 Å². The van der Waals surface area contributed by atoms with Gasteiger partial charge in [0.15, 0.2) is 18.4 Å². The van der Waals surface area contributed by atoms with Crippen molar-refractivity contribution in [2.75, 3.05) is 0 Å². The molecule has 1 heterocycles. The first kappa shape index (κ1) is 11.8. The number of nitrogens with zero attached hydrogens (tertiary/aromatic N) is 1. The second kappa shape index (κ2) is 5.62. The normalized spacial score (nSPS) is 14.2. The summed E-state index contributed by atoms with van der Waals surface area (Å²) < 4.78 is 2.29. The molecule has 0 saturated carbocycles. The monoisotopic (exact) mass is 226 g/mol. The van der Waals surface area contributed by atoms with Crippen LogP contribution in [0.4, 0.5) is 0 Å². The van der Waals surface area contributed by atoms with E-state index in [2.05, 4.69) is 79.3 Å². The van der Waals surface area contributed by atoms with Crippen molar-refractivity contribution in [1.29, 1.82) is 0 Å². The quantitative estimate of drug-likeness (QED) is 0.699. The van der Waals surface area contributed by atoms with E-state index in [0.29, 0.717) is 12.0 Å². The van der Waals surface area contributed by atoms with Gasteiger partial charge >= 0.3 is 0 Å². The molecule has 1 aromatic carbocycles. The summed E-state index contributed by atoms with van der Waals surface area (Å²) in [7, 11) is 0. The Morgan fingerprint density at radius 2 is 1.53 bits per heavy atom. The van der Waals surface area contributed by atoms with Crippen molar-refractivity contribution in [2.24, 2.45) is 0 Å². The smallest absolute Gasteiger partial charge is 0.169 e. The number of aromatic nitrogens is 1. The van der Waals surface area contributed by atoms with E-state index in [1.807, 2.05) is 0 Å². The maximum Gasteiger partial charge on any atom is 0.169 e. The van der Waals surface area contributed by atoms with Gasteiger partial charge in [0.2, 0.25) is 0 Å². The lowest BCUT2D eigenvalue weighted by Crippen LogP contribution is -2.40. The molecule has 0 fully saturated rings. The Kier molecular flexibility index (Phi) is 3.92. The predicted molar refractivity (Wildman–Crippen MR) is 70.8 cm³/mol. The summed E-state index contributed by atoms with van der Waals surface area (Å²) in [5.74, 6) is 0.573. The van der Waals surface area contributed by atoms with Gasteiger partial charge < -0.3 is 0 Å². The highest BCUT2D eigenvalue weighted by Crippen LogP contribution is 2.27. The minimum atomic E-state index is 0.489. The van der Waals surface area contributed by atoms with E-state index < -0.39 is 0 Å². The Morgan fingerprint density at radius 1 is 0.941 bits per heavy atom. The van der Waals surface area contributed by atoms with E-state index in [0.717, 1.165) is 6.42 Å². The maximum absolute atomic E-state index is 2.29. The van der Waals surface area contributed by atoms with Gasteiger partial charge in [0.05, 0.1) is 0 Å². The second-order valence-electron chi connectivity index (χ2n) is 4.49. The lowest BCUT2D eigenvalue weighted by Gasteiger charge is -2.18. The van der Waals surface area contributed by atoms with E-state index in [-0.39, 0.29) is 0 Å². The molecule has 2 unspecified atom stereocenters. The molecular formula is C16H20N+. The summed E-state index contributed by atoms with van der Waals surface area (Å²) in [6.45, 7) is 4.55. The third-order valence-electron chi connectivity index (χ3n) is 3.46. The Balaban J connectivity index is 2.25. The van der Waals surface area contributed by atoms with Crippen molar-refractivity contribution in [1.82, 2.24) is 0 Å². The molecule has 0 aliphatic heterocycles. The predicted octanol–water partition coefficient (Wildman–Crippen LogP) is 3.73. The Bertz CT molecular complexity index is 436. The van der Waals surface area contributed by atoms with E-state index in [1.165, 1.54) is 5.56 Å². The van der Waals surface area contributed by atoms with E-state index in [4.69, 9.17) is 0 Å².